The summed E-state index contributed by atoms with van der Waals surface area (Å²) in [6.07, 6.45) is 0.859. The van der Waals surface area contributed by atoms with Gasteiger partial charge in [-0.25, -0.2) is 0 Å². The second-order valence-corrected chi connectivity index (χ2v) is 7.03. The number of amides is 1. The van der Waals surface area contributed by atoms with Crippen molar-refractivity contribution < 1.29 is 4.79 Å². The van der Waals surface area contributed by atoms with Crippen LogP contribution in [0, 0.1) is 5.92 Å². The van der Waals surface area contributed by atoms with Crippen LogP contribution in [0.15, 0.2) is 22.7 Å². The molecule has 20 heavy (non-hydrogen) atoms. The Bertz CT molecular complexity index is 630. The number of rotatable bonds is 4. The summed E-state index contributed by atoms with van der Waals surface area (Å²) in [5, 5.41) is 12.8. The predicted octanol–water partition coefficient (Wildman–Crippen LogP) is 4.40. The van der Waals surface area contributed by atoms with E-state index >= 15 is 0 Å². The lowest BCUT2D eigenvalue weighted by atomic mass is 10.1. The highest BCUT2D eigenvalue weighted by Gasteiger charge is 2.13. The van der Waals surface area contributed by atoms with Crippen molar-refractivity contribution in [2.24, 2.45) is 5.92 Å². The van der Waals surface area contributed by atoms with Crippen molar-refractivity contribution in [2.75, 3.05) is 5.32 Å². The third kappa shape index (κ3) is 4.01. The Balaban J connectivity index is 2.09. The van der Waals surface area contributed by atoms with Gasteiger partial charge in [-0.3, -0.25) is 10.1 Å². The number of carbonyl (C=O) groups excluding carboxylic acids is 1. The number of nitrogens with one attached hydrogen (secondary N) is 1. The fourth-order valence-corrected chi connectivity index (χ4v) is 3.38. The van der Waals surface area contributed by atoms with Gasteiger partial charge in [0.1, 0.15) is 5.01 Å². The molecule has 2 aromatic rings. The van der Waals surface area contributed by atoms with Gasteiger partial charge in [0.2, 0.25) is 5.13 Å². The fourth-order valence-electron chi connectivity index (χ4n) is 1.57. The van der Waals surface area contributed by atoms with Crippen LogP contribution in [-0.4, -0.2) is 16.1 Å². The van der Waals surface area contributed by atoms with Gasteiger partial charge in [0, 0.05) is 15.9 Å². The summed E-state index contributed by atoms with van der Waals surface area (Å²) in [7, 11) is 0. The van der Waals surface area contributed by atoms with Crippen LogP contribution in [0.2, 0.25) is 5.02 Å². The lowest BCUT2D eigenvalue weighted by Crippen LogP contribution is -2.12. The van der Waals surface area contributed by atoms with Crippen LogP contribution in [0.4, 0.5) is 5.13 Å². The van der Waals surface area contributed by atoms with Gasteiger partial charge in [-0.15, -0.1) is 10.2 Å². The molecule has 1 heterocycles. The molecule has 0 radical (unpaired) electrons. The third-order valence-corrected chi connectivity index (χ3v) is 4.20. The van der Waals surface area contributed by atoms with Gasteiger partial charge in [0.15, 0.2) is 0 Å². The fraction of sp³-hybridized carbons (Fsp3) is 0.308. The first-order valence-electron chi connectivity index (χ1n) is 6.04. The number of nitrogens with zero attached hydrogens (tertiary/aromatic N) is 2. The standard InChI is InChI=1S/C13H13BrClN3OS/c1-7(2)5-11-17-18-13(20-11)16-12(19)9-4-3-8(15)6-10(9)14/h3-4,6-7H,5H2,1-2H3,(H,16,18,19). The number of halogens is 2. The Labute approximate surface area is 134 Å². The minimum atomic E-state index is -0.235. The smallest absolute Gasteiger partial charge is 0.258 e. The van der Waals surface area contributed by atoms with Gasteiger partial charge in [-0.1, -0.05) is 36.8 Å². The molecule has 0 bridgehead atoms. The van der Waals surface area contributed by atoms with Crippen LogP contribution in [0.25, 0.3) is 0 Å². The van der Waals surface area contributed by atoms with E-state index in [1.165, 1.54) is 11.3 Å². The number of benzene rings is 1. The maximum Gasteiger partial charge on any atom is 0.258 e. The Morgan fingerprint density at radius 3 is 2.85 bits per heavy atom. The third-order valence-electron chi connectivity index (χ3n) is 2.45. The monoisotopic (exact) mass is 373 g/mol. The van der Waals surface area contributed by atoms with Crippen LogP contribution < -0.4 is 5.32 Å². The first-order chi connectivity index (χ1) is 9.45. The molecule has 0 unspecified atom stereocenters. The van der Waals surface area contributed by atoms with Crippen molar-refractivity contribution in [1.82, 2.24) is 10.2 Å². The predicted molar refractivity (Wildman–Crippen MR) is 85.6 cm³/mol. The van der Waals surface area contributed by atoms with Gasteiger partial charge in [0.05, 0.1) is 5.56 Å². The molecule has 1 aromatic carbocycles. The summed E-state index contributed by atoms with van der Waals surface area (Å²) in [6, 6.07) is 5.02. The Hall–Kier alpha value is -0.980. The summed E-state index contributed by atoms with van der Waals surface area (Å²) in [4.78, 5) is 12.1. The van der Waals surface area contributed by atoms with Gasteiger partial charge in [0.25, 0.3) is 5.91 Å². The van der Waals surface area contributed by atoms with E-state index in [1.54, 1.807) is 18.2 Å². The SMILES string of the molecule is CC(C)Cc1nnc(NC(=O)c2ccc(Cl)cc2Br)s1. The van der Waals surface area contributed by atoms with E-state index in [-0.39, 0.29) is 5.91 Å². The highest BCUT2D eigenvalue weighted by Crippen LogP contribution is 2.24. The lowest BCUT2D eigenvalue weighted by Gasteiger charge is -2.04. The molecular weight excluding hydrogens is 362 g/mol. The van der Waals surface area contributed by atoms with Crippen molar-refractivity contribution in [3.8, 4) is 0 Å². The zero-order chi connectivity index (χ0) is 14.7. The summed E-state index contributed by atoms with van der Waals surface area (Å²) in [5.41, 5.74) is 0.509. The molecule has 4 nitrogen and oxygen atoms in total. The maximum absolute atomic E-state index is 12.1. The normalized spacial score (nSPS) is 10.8. The molecule has 0 aliphatic heterocycles. The van der Waals surface area contributed by atoms with Crippen molar-refractivity contribution in [3.63, 3.8) is 0 Å². The molecule has 1 N–H and O–H groups in total. The van der Waals surface area contributed by atoms with Crippen molar-refractivity contribution >= 4 is 49.9 Å². The molecule has 0 saturated heterocycles. The summed E-state index contributed by atoms with van der Waals surface area (Å²) >= 11 is 10.6. The minimum absolute atomic E-state index is 0.235. The molecule has 1 amide bonds. The number of hydrogen-bond donors (Lipinski definition) is 1. The van der Waals surface area contributed by atoms with Crippen LogP contribution in [0.1, 0.15) is 29.2 Å². The first-order valence-corrected chi connectivity index (χ1v) is 8.03. The highest BCUT2D eigenvalue weighted by molar-refractivity contribution is 9.10. The second kappa shape index (κ2) is 6.65. The largest absolute Gasteiger partial charge is 0.296 e. The van der Waals surface area contributed by atoms with E-state index in [1.807, 2.05) is 0 Å². The van der Waals surface area contributed by atoms with Gasteiger partial charge in [-0.2, -0.15) is 0 Å². The van der Waals surface area contributed by atoms with Crippen molar-refractivity contribution in [1.29, 1.82) is 0 Å². The molecule has 0 aliphatic rings. The van der Waals surface area contributed by atoms with Gasteiger partial charge >= 0.3 is 0 Å². The maximum atomic E-state index is 12.1. The zero-order valence-electron chi connectivity index (χ0n) is 11.0. The number of carbonyl (C=O) groups is 1. The summed E-state index contributed by atoms with van der Waals surface area (Å²) in [5.74, 6) is 0.276. The summed E-state index contributed by atoms with van der Waals surface area (Å²) < 4.78 is 0.648. The van der Waals surface area contributed by atoms with Crippen LogP contribution in [0.5, 0.6) is 0 Å². The Morgan fingerprint density at radius 2 is 2.20 bits per heavy atom. The lowest BCUT2D eigenvalue weighted by molar-refractivity contribution is 0.102. The van der Waals surface area contributed by atoms with Crippen LogP contribution in [0.3, 0.4) is 0 Å². The first kappa shape index (κ1) is 15.4. The molecule has 0 atom stereocenters. The van der Waals surface area contributed by atoms with Gasteiger partial charge < -0.3 is 0 Å². The minimum Gasteiger partial charge on any atom is -0.296 e. The number of hydrogen-bond acceptors (Lipinski definition) is 4. The molecule has 0 spiro atoms. The van der Waals surface area contributed by atoms with E-state index in [0.717, 1.165) is 11.4 Å². The van der Waals surface area contributed by atoms with E-state index in [0.29, 0.717) is 26.1 Å². The highest BCUT2D eigenvalue weighted by atomic mass is 79.9. The average molecular weight is 375 g/mol. The van der Waals surface area contributed by atoms with Crippen molar-refractivity contribution in [3.05, 3.63) is 38.3 Å². The van der Waals surface area contributed by atoms with Gasteiger partial charge in [-0.05, 0) is 40.0 Å². The average Bonchev–Trinajstić information content (AvgIpc) is 2.75. The molecule has 1 aromatic heterocycles. The van der Waals surface area contributed by atoms with E-state index < -0.39 is 0 Å². The van der Waals surface area contributed by atoms with E-state index in [9.17, 15) is 4.79 Å². The van der Waals surface area contributed by atoms with E-state index in [2.05, 4.69) is 45.3 Å². The van der Waals surface area contributed by atoms with E-state index in [4.69, 9.17) is 11.6 Å². The molecular formula is C13H13BrClN3OS. The molecule has 0 aliphatic carbocycles. The number of anilines is 1. The van der Waals surface area contributed by atoms with Crippen molar-refractivity contribution in [2.45, 2.75) is 20.3 Å². The molecule has 7 heteroatoms. The topological polar surface area (TPSA) is 54.9 Å². The zero-order valence-corrected chi connectivity index (χ0v) is 14.1. The Morgan fingerprint density at radius 1 is 1.45 bits per heavy atom. The molecule has 106 valence electrons. The molecule has 2 rings (SSSR count). The molecule has 0 saturated carbocycles. The van der Waals surface area contributed by atoms with Crippen LogP contribution >= 0.6 is 38.9 Å². The molecule has 0 fully saturated rings. The Kier molecular flexibility index (Phi) is 5.12. The quantitative estimate of drug-likeness (QED) is 0.862. The second-order valence-electron chi connectivity index (χ2n) is 4.68. The van der Waals surface area contributed by atoms with Crippen LogP contribution in [-0.2, 0) is 6.42 Å². The number of aromatic nitrogens is 2. The summed E-state index contributed by atoms with van der Waals surface area (Å²) in [6.45, 7) is 4.23.